The van der Waals surface area contributed by atoms with E-state index in [9.17, 15) is 9.59 Å². The molecule has 0 bridgehead atoms. The summed E-state index contributed by atoms with van der Waals surface area (Å²) in [5.74, 6) is 0.650. The maximum absolute atomic E-state index is 12.2. The van der Waals surface area contributed by atoms with Gasteiger partial charge in [-0.05, 0) is 37.2 Å². The van der Waals surface area contributed by atoms with E-state index in [1.807, 2.05) is 30.3 Å². The molecule has 1 aromatic rings. The number of nitrogens with zero attached hydrogens (tertiary/aromatic N) is 2. The summed E-state index contributed by atoms with van der Waals surface area (Å²) < 4.78 is 0. The largest absolute Gasteiger partial charge is 0.285 e. The lowest BCUT2D eigenvalue weighted by atomic mass is 9.89. The molecule has 0 saturated heterocycles. The molecular formula is C19H25N5O2. The number of hydrogen-bond donors (Lipinski definition) is 3. The van der Waals surface area contributed by atoms with E-state index in [1.54, 1.807) is 0 Å². The summed E-state index contributed by atoms with van der Waals surface area (Å²) in [7, 11) is 0. The number of carbonyl (C=O) groups is 2. The number of benzene rings is 1. The first-order valence-corrected chi connectivity index (χ1v) is 9.11. The second-order valence-corrected chi connectivity index (χ2v) is 6.99. The minimum Gasteiger partial charge on any atom is -0.285 e. The molecule has 26 heavy (non-hydrogen) atoms. The summed E-state index contributed by atoms with van der Waals surface area (Å²) >= 11 is 0. The average Bonchev–Trinajstić information content (AvgIpc) is 2.64. The Kier molecular flexibility index (Phi) is 5.99. The SMILES string of the molecule is C[C@H]1CCC/C(=N/NC(=O)C[C@H]2N=C(Cc3ccccc3)NNC2=O)C1. The van der Waals surface area contributed by atoms with Crippen LogP contribution < -0.4 is 16.3 Å². The van der Waals surface area contributed by atoms with Crippen molar-refractivity contribution in [2.45, 2.75) is 51.5 Å². The third kappa shape index (κ3) is 5.15. The van der Waals surface area contributed by atoms with Gasteiger partial charge in [0.1, 0.15) is 11.9 Å². The topological polar surface area (TPSA) is 94.9 Å². The number of rotatable bonds is 5. The van der Waals surface area contributed by atoms with Crippen molar-refractivity contribution in [3.63, 3.8) is 0 Å². The molecule has 0 unspecified atom stereocenters. The van der Waals surface area contributed by atoms with Gasteiger partial charge in [0, 0.05) is 12.1 Å². The highest BCUT2D eigenvalue weighted by atomic mass is 16.2. The van der Waals surface area contributed by atoms with E-state index < -0.39 is 6.04 Å². The lowest BCUT2D eigenvalue weighted by Crippen LogP contribution is -2.52. The summed E-state index contributed by atoms with van der Waals surface area (Å²) in [5, 5.41) is 4.23. The fraction of sp³-hybridized carbons (Fsp3) is 0.474. The van der Waals surface area contributed by atoms with Gasteiger partial charge in [-0.3, -0.25) is 25.4 Å². The van der Waals surface area contributed by atoms with Crippen LogP contribution in [0.4, 0.5) is 0 Å². The Labute approximate surface area is 153 Å². The molecule has 1 aliphatic carbocycles. The zero-order valence-corrected chi connectivity index (χ0v) is 15.0. The minimum absolute atomic E-state index is 0.0157. The molecule has 3 rings (SSSR count). The van der Waals surface area contributed by atoms with Crippen LogP contribution in [0.15, 0.2) is 40.4 Å². The van der Waals surface area contributed by atoms with Crippen molar-refractivity contribution in [2.75, 3.05) is 0 Å². The normalized spacial score (nSPS) is 24.4. The number of amidine groups is 1. The Hall–Kier alpha value is -2.70. The predicted molar refractivity (Wildman–Crippen MR) is 100 cm³/mol. The number of hydrazone groups is 1. The molecular weight excluding hydrogens is 330 g/mol. The van der Waals surface area contributed by atoms with Crippen LogP contribution in [0.2, 0.25) is 0 Å². The highest BCUT2D eigenvalue weighted by Gasteiger charge is 2.26. The second-order valence-electron chi connectivity index (χ2n) is 6.99. The number of hydrogen-bond acceptors (Lipinski definition) is 5. The molecule has 7 nitrogen and oxygen atoms in total. The molecule has 1 fully saturated rings. The number of amides is 2. The van der Waals surface area contributed by atoms with Gasteiger partial charge in [-0.15, -0.1) is 0 Å². The van der Waals surface area contributed by atoms with Crippen LogP contribution in [0.1, 0.15) is 44.6 Å². The highest BCUT2D eigenvalue weighted by molar-refractivity contribution is 5.97. The first kappa shape index (κ1) is 18.1. The van der Waals surface area contributed by atoms with E-state index >= 15 is 0 Å². The molecule has 2 aliphatic rings. The Morgan fingerprint density at radius 2 is 2.12 bits per heavy atom. The zero-order valence-electron chi connectivity index (χ0n) is 15.0. The minimum atomic E-state index is -0.736. The third-order valence-electron chi connectivity index (χ3n) is 4.62. The van der Waals surface area contributed by atoms with Crippen LogP contribution in [0, 0.1) is 5.92 Å². The molecule has 3 N–H and O–H groups in total. The maximum Gasteiger partial charge on any atom is 0.263 e. The van der Waals surface area contributed by atoms with E-state index in [1.165, 1.54) is 6.42 Å². The van der Waals surface area contributed by atoms with Gasteiger partial charge in [0.2, 0.25) is 5.91 Å². The number of aliphatic imine (C=N–C) groups is 1. The molecule has 0 aromatic heterocycles. The quantitative estimate of drug-likeness (QED) is 0.702. The molecule has 1 heterocycles. The Morgan fingerprint density at radius 3 is 2.88 bits per heavy atom. The molecule has 0 spiro atoms. The molecule has 1 saturated carbocycles. The van der Waals surface area contributed by atoms with Crippen molar-refractivity contribution in [2.24, 2.45) is 16.0 Å². The number of nitrogens with one attached hydrogen (secondary N) is 3. The van der Waals surface area contributed by atoms with Crippen molar-refractivity contribution in [1.82, 2.24) is 16.3 Å². The maximum atomic E-state index is 12.2. The molecule has 1 aromatic carbocycles. The summed E-state index contributed by atoms with van der Waals surface area (Å²) in [6, 6.07) is 9.10. The van der Waals surface area contributed by atoms with Crippen LogP contribution in [-0.2, 0) is 16.0 Å². The van der Waals surface area contributed by atoms with Crippen LogP contribution in [0.5, 0.6) is 0 Å². The Balaban J connectivity index is 1.56. The fourth-order valence-corrected chi connectivity index (χ4v) is 3.24. The van der Waals surface area contributed by atoms with E-state index in [4.69, 9.17) is 0 Å². The van der Waals surface area contributed by atoms with E-state index in [0.717, 1.165) is 30.5 Å². The monoisotopic (exact) mass is 355 g/mol. The zero-order chi connectivity index (χ0) is 18.4. The van der Waals surface area contributed by atoms with Crippen molar-refractivity contribution < 1.29 is 9.59 Å². The third-order valence-corrected chi connectivity index (χ3v) is 4.62. The molecule has 0 radical (unpaired) electrons. The number of carbonyl (C=O) groups excluding carboxylic acids is 2. The van der Waals surface area contributed by atoms with Crippen molar-refractivity contribution in [3.05, 3.63) is 35.9 Å². The first-order valence-electron chi connectivity index (χ1n) is 9.11. The lowest BCUT2D eigenvalue weighted by molar-refractivity contribution is -0.128. The Morgan fingerprint density at radius 1 is 1.31 bits per heavy atom. The van der Waals surface area contributed by atoms with Crippen molar-refractivity contribution in [1.29, 1.82) is 0 Å². The standard InChI is InChI=1S/C19H25N5O2/c1-13-6-5-9-15(10-13)21-23-18(25)12-16-19(26)24-22-17(20-16)11-14-7-3-2-4-8-14/h2-4,7-8,13,16H,5-6,9-12H2,1H3,(H,20,22)(H,23,25)(H,24,26)/b21-15-/t13-,16+/m0/s1. The lowest BCUT2D eigenvalue weighted by Gasteiger charge is -2.22. The van der Waals surface area contributed by atoms with Gasteiger partial charge in [0.15, 0.2) is 0 Å². The highest BCUT2D eigenvalue weighted by Crippen LogP contribution is 2.20. The molecule has 1 aliphatic heterocycles. The molecule has 2 amide bonds. The second kappa shape index (κ2) is 8.60. The van der Waals surface area contributed by atoms with Gasteiger partial charge >= 0.3 is 0 Å². The van der Waals surface area contributed by atoms with Crippen LogP contribution in [0.25, 0.3) is 0 Å². The van der Waals surface area contributed by atoms with Crippen LogP contribution in [0.3, 0.4) is 0 Å². The molecule has 138 valence electrons. The predicted octanol–water partition coefficient (Wildman–Crippen LogP) is 1.70. The summed E-state index contributed by atoms with van der Waals surface area (Å²) in [5.41, 5.74) is 10.1. The molecule has 7 heteroatoms. The van der Waals surface area contributed by atoms with Gasteiger partial charge in [-0.1, -0.05) is 37.3 Å². The van der Waals surface area contributed by atoms with Crippen LogP contribution in [-0.4, -0.2) is 29.4 Å². The fourth-order valence-electron chi connectivity index (χ4n) is 3.24. The average molecular weight is 355 g/mol. The molecule has 2 atom stereocenters. The first-order chi connectivity index (χ1) is 12.6. The van der Waals surface area contributed by atoms with Gasteiger partial charge in [-0.25, -0.2) is 5.43 Å². The van der Waals surface area contributed by atoms with Crippen LogP contribution >= 0.6 is 0 Å². The summed E-state index contributed by atoms with van der Waals surface area (Å²) in [6.07, 6.45) is 4.73. The van der Waals surface area contributed by atoms with E-state index in [0.29, 0.717) is 18.2 Å². The Bertz CT molecular complexity index is 714. The van der Waals surface area contributed by atoms with E-state index in [-0.39, 0.29) is 18.2 Å². The van der Waals surface area contributed by atoms with Gasteiger partial charge in [0.05, 0.1) is 6.42 Å². The smallest absolute Gasteiger partial charge is 0.263 e. The van der Waals surface area contributed by atoms with Gasteiger partial charge in [0.25, 0.3) is 5.91 Å². The van der Waals surface area contributed by atoms with Crippen molar-refractivity contribution >= 4 is 23.4 Å². The van der Waals surface area contributed by atoms with Gasteiger partial charge < -0.3 is 0 Å². The van der Waals surface area contributed by atoms with Crippen molar-refractivity contribution in [3.8, 4) is 0 Å². The summed E-state index contributed by atoms with van der Waals surface area (Å²) in [6.45, 7) is 2.19. The number of hydrazine groups is 1. The van der Waals surface area contributed by atoms with Gasteiger partial charge in [-0.2, -0.15) is 5.10 Å². The summed E-state index contributed by atoms with van der Waals surface area (Å²) in [4.78, 5) is 28.5. The van der Waals surface area contributed by atoms with E-state index in [2.05, 4.69) is 33.3 Å².